The Bertz CT molecular complexity index is 804. The third kappa shape index (κ3) is 5.79. The molecule has 1 aromatic carbocycles. The lowest BCUT2D eigenvalue weighted by atomic mass is 10.1. The molecule has 5 nitrogen and oxygen atoms in total. The normalized spacial score (nSPS) is 11.3. The highest BCUT2D eigenvalue weighted by Crippen LogP contribution is 2.29. The van der Waals surface area contributed by atoms with Crippen molar-refractivity contribution in [1.29, 1.82) is 0 Å². The summed E-state index contributed by atoms with van der Waals surface area (Å²) in [4.78, 5) is 30.5. The van der Waals surface area contributed by atoms with Crippen molar-refractivity contribution < 1.29 is 22.8 Å². The largest absolute Gasteiger partial charge is 0.416 e. The third-order valence-electron chi connectivity index (χ3n) is 3.89. The van der Waals surface area contributed by atoms with Crippen LogP contribution in [0.3, 0.4) is 0 Å². The monoisotopic (exact) mass is 413 g/mol. The first-order chi connectivity index (χ1) is 13.3. The second-order valence-electron chi connectivity index (χ2n) is 6.18. The predicted molar refractivity (Wildman–Crippen MR) is 101 cm³/mol. The zero-order chi connectivity index (χ0) is 20.7. The first-order valence-electron chi connectivity index (χ1n) is 8.95. The summed E-state index contributed by atoms with van der Waals surface area (Å²) in [7, 11) is 0. The van der Waals surface area contributed by atoms with Crippen molar-refractivity contribution >= 4 is 23.2 Å². The summed E-state index contributed by atoms with van der Waals surface area (Å²) in [5.41, 5.74) is -0.320. The molecule has 9 heteroatoms. The molecule has 0 aliphatic rings. The molecule has 0 aliphatic heterocycles. The van der Waals surface area contributed by atoms with Crippen LogP contribution in [0.4, 0.5) is 13.2 Å². The molecule has 0 bridgehead atoms. The van der Waals surface area contributed by atoms with Crippen LogP contribution in [0.25, 0.3) is 0 Å². The highest BCUT2D eigenvalue weighted by Gasteiger charge is 2.30. The molecule has 2 amide bonds. The number of carbonyl (C=O) groups excluding carboxylic acids is 2. The Morgan fingerprint density at radius 3 is 2.39 bits per heavy atom. The Morgan fingerprint density at radius 2 is 1.82 bits per heavy atom. The summed E-state index contributed by atoms with van der Waals surface area (Å²) in [6, 6.07) is 4.16. The average molecular weight is 413 g/mol. The molecule has 1 N–H and O–H groups in total. The van der Waals surface area contributed by atoms with Gasteiger partial charge < -0.3 is 10.2 Å². The van der Waals surface area contributed by atoms with E-state index in [9.17, 15) is 22.8 Å². The highest BCUT2D eigenvalue weighted by molar-refractivity contribution is 7.09. The molecule has 0 saturated heterocycles. The minimum Gasteiger partial charge on any atom is -0.351 e. The van der Waals surface area contributed by atoms with Crippen LogP contribution >= 0.6 is 11.3 Å². The molecule has 1 heterocycles. The fourth-order valence-electron chi connectivity index (χ4n) is 2.49. The van der Waals surface area contributed by atoms with Gasteiger partial charge in [-0.25, -0.2) is 4.98 Å². The summed E-state index contributed by atoms with van der Waals surface area (Å²) in [5, 5.41) is 4.96. The van der Waals surface area contributed by atoms with Gasteiger partial charge in [-0.2, -0.15) is 13.2 Å². The van der Waals surface area contributed by atoms with E-state index < -0.39 is 11.7 Å². The van der Waals surface area contributed by atoms with Crippen LogP contribution in [-0.4, -0.2) is 34.8 Å². The van der Waals surface area contributed by atoms with Gasteiger partial charge >= 0.3 is 6.18 Å². The minimum atomic E-state index is -4.44. The summed E-state index contributed by atoms with van der Waals surface area (Å²) < 4.78 is 38.1. The van der Waals surface area contributed by atoms with Gasteiger partial charge in [0, 0.05) is 24.0 Å². The second kappa shape index (κ2) is 9.68. The summed E-state index contributed by atoms with van der Waals surface area (Å²) in [6.45, 7) is 5.02. The number of hydrogen-bond acceptors (Lipinski definition) is 4. The number of nitrogens with one attached hydrogen (secondary N) is 1. The van der Waals surface area contributed by atoms with Gasteiger partial charge in [0.25, 0.3) is 11.8 Å². The maximum atomic E-state index is 12.7. The van der Waals surface area contributed by atoms with Crippen LogP contribution < -0.4 is 5.32 Å². The number of benzene rings is 1. The molecule has 0 radical (unpaired) electrons. The van der Waals surface area contributed by atoms with Crippen LogP contribution in [0.5, 0.6) is 0 Å². The molecule has 0 saturated carbocycles. The first kappa shape index (κ1) is 21.9. The Kier molecular flexibility index (Phi) is 7.56. The van der Waals surface area contributed by atoms with E-state index in [-0.39, 0.29) is 23.9 Å². The number of alkyl halides is 3. The molecule has 2 rings (SSSR count). The van der Waals surface area contributed by atoms with Crippen LogP contribution in [0.15, 0.2) is 29.6 Å². The van der Waals surface area contributed by atoms with Crippen molar-refractivity contribution in [3.63, 3.8) is 0 Å². The van der Waals surface area contributed by atoms with E-state index in [1.807, 2.05) is 13.8 Å². The number of amides is 2. The molecule has 0 spiro atoms. The standard InChI is InChI=1S/C19H22F3N3O2S/c1-3-9-23-17(26)15-12-28-16(24-15)11-25(10-4-2)18(27)13-5-7-14(8-6-13)19(20,21)22/h5-8,12H,3-4,9-11H2,1-2H3,(H,23,26). The molecule has 2 aromatic rings. The van der Waals surface area contributed by atoms with Gasteiger partial charge in [0.15, 0.2) is 0 Å². The van der Waals surface area contributed by atoms with Crippen LogP contribution in [0.1, 0.15) is 58.1 Å². The summed E-state index contributed by atoms with van der Waals surface area (Å²) in [6.07, 6.45) is -2.95. The summed E-state index contributed by atoms with van der Waals surface area (Å²) >= 11 is 1.27. The molecular formula is C19H22F3N3O2S. The van der Waals surface area contributed by atoms with Crippen molar-refractivity contribution in [2.24, 2.45) is 0 Å². The fraction of sp³-hybridized carbons (Fsp3) is 0.421. The van der Waals surface area contributed by atoms with Crippen molar-refractivity contribution in [1.82, 2.24) is 15.2 Å². The average Bonchev–Trinajstić information content (AvgIpc) is 3.13. The van der Waals surface area contributed by atoms with Gasteiger partial charge in [0.05, 0.1) is 12.1 Å². The number of thiazole rings is 1. The van der Waals surface area contributed by atoms with E-state index in [2.05, 4.69) is 10.3 Å². The third-order valence-corrected chi connectivity index (χ3v) is 4.72. The minimum absolute atomic E-state index is 0.180. The SMILES string of the molecule is CCCNC(=O)c1csc(CN(CCC)C(=O)c2ccc(C(F)(F)F)cc2)n1. The number of hydrogen-bond donors (Lipinski definition) is 1. The Hall–Kier alpha value is -2.42. The molecule has 0 unspecified atom stereocenters. The Balaban J connectivity index is 2.11. The van der Waals surface area contributed by atoms with Gasteiger partial charge in [-0.15, -0.1) is 11.3 Å². The van der Waals surface area contributed by atoms with Gasteiger partial charge in [-0.05, 0) is 37.1 Å². The van der Waals surface area contributed by atoms with Crippen LogP contribution in [0.2, 0.25) is 0 Å². The Morgan fingerprint density at radius 1 is 1.14 bits per heavy atom. The van der Waals surface area contributed by atoms with Gasteiger partial charge in [0.2, 0.25) is 0 Å². The van der Waals surface area contributed by atoms with Crippen molar-refractivity contribution in [2.45, 2.75) is 39.4 Å². The quantitative estimate of drug-likeness (QED) is 0.700. The topological polar surface area (TPSA) is 62.3 Å². The van der Waals surface area contributed by atoms with Crippen LogP contribution in [0, 0.1) is 0 Å². The van der Waals surface area contributed by atoms with E-state index in [0.29, 0.717) is 30.2 Å². The van der Waals surface area contributed by atoms with E-state index in [0.717, 1.165) is 18.6 Å². The first-order valence-corrected chi connectivity index (χ1v) is 9.83. The van der Waals surface area contributed by atoms with Gasteiger partial charge in [0.1, 0.15) is 10.7 Å². The zero-order valence-corrected chi connectivity index (χ0v) is 16.5. The lowest BCUT2D eigenvalue weighted by molar-refractivity contribution is -0.137. The number of carbonyl (C=O) groups is 2. The maximum absolute atomic E-state index is 12.7. The molecule has 1 aromatic heterocycles. The van der Waals surface area contributed by atoms with Crippen molar-refractivity contribution in [2.75, 3.05) is 13.1 Å². The Labute approximate surface area is 165 Å². The zero-order valence-electron chi connectivity index (χ0n) is 15.7. The van der Waals surface area contributed by atoms with E-state index >= 15 is 0 Å². The van der Waals surface area contributed by atoms with Gasteiger partial charge in [-0.1, -0.05) is 13.8 Å². The number of aromatic nitrogens is 1. The predicted octanol–water partition coefficient (Wildman–Crippen LogP) is 4.35. The second-order valence-corrected chi connectivity index (χ2v) is 7.13. The van der Waals surface area contributed by atoms with E-state index in [1.165, 1.54) is 28.4 Å². The number of rotatable bonds is 8. The molecular weight excluding hydrogens is 391 g/mol. The fourth-order valence-corrected chi connectivity index (χ4v) is 3.28. The smallest absolute Gasteiger partial charge is 0.351 e. The van der Waals surface area contributed by atoms with Crippen LogP contribution in [-0.2, 0) is 12.7 Å². The van der Waals surface area contributed by atoms with Gasteiger partial charge in [-0.3, -0.25) is 9.59 Å². The molecule has 152 valence electrons. The maximum Gasteiger partial charge on any atom is 0.416 e. The molecule has 0 aliphatic carbocycles. The number of halogens is 3. The molecule has 0 atom stereocenters. The molecule has 0 fully saturated rings. The highest BCUT2D eigenvalue weighted by atomic mass is 32.1. The van der Waals surface area contributed by atoms with E-state index in [1.54, 1.807) is 5.38 Å². The lowest BCUT2D eigenvalue weighted by Crippen LogP contribution is -2.31. The summed E-state index contributed by atoms with van der Waals surface area (Å²) in [5.74, 6) is -0.636. The van der Waals surface area contributed by atoms with E-state index in [4.69, 9.17) is 0 Å². The van der Waals surface area contributed by atoms with Crippen molar-refractivity contribution in [3.05, 3.63) is 51.5 Å². The lowest BCUT2D eigenvalue weighted by Gasteiger charge is -2.21. The van der Waals surface area contributed by atoms with Crippen molar-refractivity contribution in [3.8, 4) is 0 Å². The number of nitrogens with zero attached hydrogens (tertiary/aromatic N) is 2. The molecule has 28 heavy (non-hydrogen) atoms.